The molecule has 0 N–H and O–H groups in total. The van der Waals surface area contributed by atoms with E-state index in [9.17, 15) is 4.79 Å². The minimum absolute atomic E-state index is 0. The van der Waals surface area contributed by atoms with Crippen molar-refractivity contribution in [3.8, 4) is 0 Å². The first-order valence-electron chi connectivity index (χ1n) is 2.59. The second kappa shape index (κ2) is 3.87. The quantitative estimate of drug-likeness (QED) is 0.487. The number of hydrogen-bond acceptors (Lipinski definition) is 1. The molecule has 49 valence electrons. The minimum atomic E-state index is 0. The van der Waals surface area contributed by atoms with Gasteiger partial charge in [0.2, 0.25) is 0 Å². The van der Waals surface area contributed by atoms with Crippen molar-refractivity contribution in [3.05, 3.63) is 12.2 Å². The van der Waals surface area contributed by atoms with Crippen LogP contribution in [0.2, 0.25) is 0 Å². The number of carbonyl (C=O) groups is 1. The largest absolute Gasteiger partial charge is 0.295 e. The summed E-state index contributed by atoms with van der Waals surface area (Å²) in [5.74, 6) is 0.284. The fourth-order valence-electron chi connectivity index (χ4n) is 0.692. The van der Waals surface area contributed by atoms with Crippen LogP contribution in [-0.2, 0) is 21.9 Å². The van der Waals surface area contributed by atoms with Crippen LogP contribution in [0, 0.1) is 0 Å². The number of hydrogen-bond donors (Lipinski definition) is 0. The molecule has 0 aromatic carbocycles. The summed E-state index contributed by atoms with van der Waals surface area (Å²) in [6, 6.07) is 0. The van der Waals surface area contributed by atoms with E-state index in [-0.39, 0.29) is 22.9 Å². The van der Waals surface area contributed by atoms with Crippen LogP contribution >= 0.6 is 0 Å². The zero-order chi connectivity index (χ0) is 5.11. The normalized spacial score (nSPS) is 17.8. The smallest absolute Gasteiger partial charge is 0.155 e. The molecule has 0 saturated carbocycles. The van der Waals surface area contributed by atoms with Gasteiger partial charge in [0.1, 0.15) is 0 Å². The maximum Gasteiger partial charge on any atom is 0.155 e. The molecule has 1 radical (unpaired) electrons. The molecule has 1 nitrogen and oxygen atoms in total. The van der Waals surface area contributed by atoms with Crippen molar-refractivity contribution >= 4 is 5.78 Å². The Morgan fingerprint density at radius 2 is 2.25 bits per heavy atom. The summed E-state index contributed by atoms with van der Waals surface area (Å²) in [7, 11) is 0. The summed E-state index contributed by atoms with van der Waals surface area (Å²) < 4.78 is 0. The Kier molecular flexibility index (Phi) is 3.84. The average Bonchev–Trinajstić information content (AvgIpc) is 1.69. The molecule has 0 aromatic rings. The van der Waals surface area contributed by atoms with E-state index in [1.54, 1.807) is 6.08 Å². The van der Waals surface area contributed by atoms with Gasteiger partial charge in [0.25, 0.3) is 0 Å². The third-order valence-corrected chi connectivity index (χ3v) is 1.10. The van der Waals surface area contributed by atoms with E-state index < -0.39 is 0 Å². The van der Waals surface area contributed by atoms with E-state index in [0.29, 0.717) is 0 Å². The Morgan fingerprint density at radius 1 is 1.50 bits per heavy atom. The fourth-order valence-corrected chi connectivity index (χ4v) is 0.692. The summed E-state index contributed by atoms with van der Waals surface area (Å²) in [5, 5.41) is 0. The van der Waals surface area contributed by atoms with Crippen LogP contribution in [0.1, 0.15) is 19.3 Å². The molecule has 0 amide bonds. The predicted octanol–water partition coefficient (Wildman–Crippen LogP) is 1.29. The molecule has 0 fully saturated rings. The van der Waals surface area contributed by atoms with Crippen LogP contribution in [0.4, 0.5) is 0 Å². The third-order valence-electron chi connectivity index (χ3n) is 1.10. The maximum absolute atomic E-state index is 10.4. The summed E-state index contributed by atoms with van der Waals surface area (Å²) in [6.45, 7) is 0. The Balaban J connectivity index is 0.000000490. The average molecular weight is 160 g/mol. The molecule has 0 aliphatic heterocycles. The Morgan fingerprint density at radius 3 is 2.50 bits per heavy atom. The first kappa shape index (κ1) is 7.93. The maximum atomic E-state index is 10.4. The van der Waals surface area contributed by atoms with E-state index in [0.717, 1.165) is 19.3 Å². The van der Waals surface area contributed by atoms with Gasteiger partial charge < -0.3 is 0 Å². The molecule has 1 aliphatic rings. The van der Waals surface area contributed by atoms with E-state index >= 15 is 0 Å². The first-order valence-corrected chi connectivity index (χ1v) is 2.59. The number of carbonyl (C=O) groups excluding carboxylic acids is 1. The van der Waals surface area contributed by atoms with Crippen molar-refractivity contribution in [3.63, 3.8) is 0 Å². The topological polar surface area (TPSA) is 17.1 Å². The standard InChI is InChI=1S/C6H8O.Cu/c7-6-4-2-1-3-5-6;/h2,4H,1,3,5H2;. The Bertz CT molecular complexity index is 107. The monoisotopic (exact) mass is 159 g/mol. The first-order chi connectivity index (χ1) is 3.39. The van der Waals surface area contributed by atoms with Crippen LogP contribution in [-0.4, -0.2) is 5.78 Å². The summed E-state index contributed by atoms with van der Waals surface area (Å²) in [5.41, 5.74) is 0. The van der Waals surface area contributed by atoms with Gasteiger partial charge in [-0.15, -0.1) is 0 Å². The van der Waals surface area contributed by atoms with Crippen molar-refractivity contribution in [2.24, 2.45) is 0 Å². The Hall–Kier alpha value is -0.0705. The van der Waals surface area contributed by atoms with E-state index in [1.807, 2.05) is 6.08 Å². The predicted molar refractivity (Wildman–Crippen MR) is 28.0 cm³/mol. The molecule has 1 rings (SSSR count). The molecular weight excluding hydrogens is 152 g/mol. The fraction of sp³-hybridized carbons (Fsp3) is 0.500. The van der Waals surface area contributed by atoms with Gasteiger partial charge in [0, 0.05) is 23.5 Å². The van der Waals surface area contributed by atoms with Gasteiger partial charge in [0.15, 0.2) is 5.78 Å². The third kappa shape index (κ3) is 2.29. The molecule has 1 aliphatic carbocycles. The zero-order valence-electron chi connectivity index (χ0n) is 4.49. The molecule has 8 heavy (non-hydrogen) atoms. The van der Waals surface area contributed by atoms with Crippen LogP contribution in [0.25, 0.3) is 0 Å². The molecule has 0 atom stereocenters. The van der Waals surface area contributed by atoms with Crippen molar-refractivity contribution in [2.45, 2.75) is 19.3 Å². The molecule has 0 unspecified atom stereocenters. The van der Waals surface area contributed by atoms with E-state index in [2.05, 4.69) is 0 Å². The molecule has 0 saturated heterocycles. The molecular formula is C6H8CuO. The summed E-state index contributed by atoms with van der Waals surface area (Å²) in [4.78, 5) is 10.4. The van der Waals surface area contributed by atoms with Gasteiger partial charge in [-0.25, -0.2) is 0 Å². The van der Waals surface area contributed by atoms with Gasteiger partial charge >= 0.3 is 0 Å². The van der Waals surface area contributed by atoms with E-state index in [1.165, 1.54) is 0 Å². The number of rotatable bonds is 0. The second-order valence-corrected chi connectivity index (χ2v) is 1.76. The molecule has 0 bridgehead atoms. The van der Waals surface area contributed by atoms with Gasteiger partial charge in [-0.1, -0.05) is 6.08 Å². The molecule has 0 aromatic heterocycles. The SMILES string of the molecule is O=C1C=CCCC1.[Cu]. The van der Waals surface area contributed by atoms with Crippen LogP contribution < -0.4 is 0 Å². The second-order valence-electron chi connectivity index (χ2n) is 1.76. The van der Waals surface area contributed by atoms with Gasteiger partial charge in [-0.2, -0.15) is 0 Å². The van der Waals surface area contributed by atoms with Crippen molar-refractivity contribution < 1.29 is 21.9 Å². The molecule has 2 heteroatoms. The van der Waals surface area contributed by atoms with Gasteiger partial charge in [-0.3, -0.25) is 4.79 Å². The van der Waals surface area contributed by atoms with Gasteiger partial charge in [-0.05, 0) is 18.9 Å². The van der Waals surface area contributed by atoms with Crippen molar-refractivity contribution in [2.75, 3.05) is 0 Å². The number of allylic oxidation sites excluding steroid dienone is 2. The zero-order valence-corrected chi connectivity index (χ0v) is 5.43. The molecule has 0 spiro atoms. The molecule has 0 heterocycles. The van der Waals surface area contributed by atoms with Crippen LogP contribution in [0.3, 0.4) is 0 Å². The van der Waals surface area contributed by atoms with Gasteiger partial charge in [0.05, 0.1) is 0 Å². The Labute approximate surface area is 59.6 Å². The van der Waals surface area contributed by atoms with Crippen LogP contribution in [0.5, 0.6) is 0 Å². The van der Waals surface area contributed by atoms with Crippen molar-refractivity contribution in [1.82, 2.24) is 0 Å². The van der Waals surface area contributed by atoms with E-state index in [4.69, 9.17) is 0 Å². The number of ketones is 1. The summed E-state index contributed by atoms with van der Waals surface area (Å²) >= 11 is 0. The minimum Gasteiger partial charge on any atom is -0.295 e. The van der Waals surface area contributed by atoms with Crippen LogP contribution in [0.15, 0.2) is 12.2 Å². The van der Waals surface area contributed by atoms with Crippen molar-refractivity contribution in [1.29, 1.82) is 0 Å². The summed E-state index contributed by atoms with van der Waals surface area (Å²) in [6.07, 6.45) is 6.51.